The lowest BCUT2D eigenvalue weighted by atomic mass is 10.2. The van der Waals surface area contributed by atoms with Crippen molar-refractivity contribution in [3.05, 3.63) is 30.7 Å². The number of hydrogen-bond donors (Lipinski definition) is 1. The summed E-state index contributed by atoms with van der Waals surface area (Å²) in [6, 6.07) is 6.66. The summed E-state index contributed by atoms with van der Waals surface area (Å²) in [5, 5.41) is 10.4. The Morgan fingerprint density at radius 2 is 2.20 bits per heavy atom. The first kappa shape index (κ1) is 15.2. The van der Waals surface area contributed by atoms with Crippen molar-refractivity contribution < 1.29 is 4.42 Å². The van der Waals surface area contributed by atoms with Gasteiger partial charge in [0.1, 0.15) is 5.58 Å². The van der Waals surface area contributed by atoms with E-state index in [2.05, 4.69) is 21.2 Å². The molecule has 0 bridgehead atoms. The fourth-order valence-corrected chi connectivity index (χ4v) is 2.89. The van der Waals surface area contributed by atoms with Crippen LogP contribution in [0.15, 0.2) is 35.1 Å². The van der Waals surface area contributed by atoms with Gasteiger partial charge in [0.2, 0.25) is 0 Å². The second-order valence-electron chi connectivity index (χ2n) is 4.96. The Labute approximate surface area is 129 Å². The number of nitrogens with zero attached hydrogens (tertiary/aromatic N) is 2. The van der Waals surface area contributed by atoms with Crippen LogP contribution >= 0.6 is 24.8 Å². The third-order valence-corrected chi connectivity index (χ3v) is 3.79. The Bertz CT molecular complexity index is 701. The van der Waals surface area contributed by atoms with E-state index in [9.17, 15) is 0 Å². The summed E-state index contributed by atoms with van der Waals surface area (Å²) in [5.41, 5.74) is 2.12. The second kappa shape index (κ2) is 6.04. The number of nitrogens with one attached hydrogen (secondary N) is 1. The first-order chi connectivity index (χ1) is 8.92. The van der Waals surface area contributed by atoms with Crippen LogP contribution < -0.4 is 5.32 Å². The van der Waals surface area contributed by atoms with Crippen LogP contribution in [0.2, 0.25) is 0 Å². The van der Waals surface area contributed by atoms with Gasteiger partial charge in [-0.1, -0.05) is 0 Å². The molecule has 1 atom stereocenters. The van der Waals surface area contributed by atoms with Crippen molar-refractivity contribution in [2.24, 2.45) is 0 Å². The standard InChI is InChI=1S/C14H15N3O.2ClH/c1-2-11(15-6-1)9-17-14-10(8-16-17)3-4-13-12(14)5-7-18-13;;/h3-5,7-8,11,15H,1-2,6,9H2;2*1H/t11-;;/m0../s1. The predicted molar refractivity (Wildman–Crippen MR) is 85.0 cm³/mol. The molecular weight excluding hydrogens is 297 g/mol. The van der Waals surface area contributed by atoms with E-state index in [4.69, 9.17) is 4.42 Å². The molecule has 4 rings (SSSR count). The average Bonchev–Trinajstić information content (AvgIpc) is 3.08. The molecule has 1 aliphatic heterocycles. The highest BCUT2D eigenvalue weighted by Gasteiger charge is 2.17. The van der Waals surface area contributed by atoms with Crippen LogP contribution in [0.5, 0.6) is 0 Å². The van der Waals surface area contributed by atoms with E-state index < -0.39 is 0 Å². The van der Waals surface area contributed by atoms with Crippen molar-refractivity contribution in [2.75, 3.05) is 6.54 Å². The highest BCUT2D eigenvalue weighted by atomic mass is 35.5. The van der Waals surface area contributed by atoms with Gasteiger partial charge in [-0.3, -0.25) is 4.68 Å². The van der Waals surface area contributed by atoms with E-state index in [0.717, 1.165) is 24.1 Å². The maximum absolute atomic E-state index is 5.46. The lowest BCUT2D eigenvalue weighted by molar-refractivity contribution is 0.487. The second-order valence-corrected chi connectivity index (χ2v) is 4.96. The average molecular weight is 314 g/mol. The van der Waals surface area contributed by atoms with E-state index in [1.54, 1.807) is 6.26 Å². The van der Waals surface area contributed by atoms with Crippen LogP contribution in [0.4, 0.5) is 0 Å². The molecule has 3 heterocycles. The molecule has 1 fully saturated rings. The molecule has 0 amide bonds. The minimum absolute atomic E-state index is 0. The number of fused-ring (bicyclic) bond motifs is 3. The van der Waals surface area contributed by atoms with Gasteiger partial charge in [-0.15, -0.1) is 24.8 Å². The van der Waals surface area contributed by atoms with Gasteiger partial charge >= 0.3 is 0 Å². The van der Waals surface area contributed by atoms with E-state index in [0.29, 0.717) is 6.04 Å². The van der Waals surface area contributed by atoms with Crippen molar-refractivity contribution >= 4 is 46.7 Å². The molecule has 2 aromatic heterocycles. The highest BCUT2D eigenvalue weighted by Crippen LogP contribution is 2.26. The predicted octanol–water partition coefficient (Wildman–Crippen LogP) is 3.38. The van der Waals surface area contributed by atoms with Crippen LogP contribution in [0.1, 0.15) is 12.8 Å². The molecule has 20 heavy (non-hydrogen) atoms. The minimum atomic E-state index is 0. The summed E-state index contributed by atoms with van der Waals surface area (Å²) >= 11 is 0. The molecule has 0 aliphatic carbocycles. The van der Waals surface area contributed by atoms with Crippen LogP contribution in [-0.4, -0.2) is 22.4 Å². The third-order valence-electron chi connectivity index (χ3n) is 3.79. The molecule has 0 saturated carbocycles. The Hall–Kier alpha value is -1.23. The highest BCUT2D eigenvalue weighted by molar-refractivity contribution is 6.03. The number of furan rings is 1. The topological polar surface area (TPSA) is 43.0 Å². The molecule has 0 unspecified atom stereocenters. The summed E-state index contributed by atoms with van der Waals surface area (Å²) in [7, 11) is 0. The van der Waals surface area contributed by atoms with Crippen molar-refractivity contribution in [1.82, 2.24) is 15.1 Å². The van der Waals surface area contributed by atoms with Crippen LogP contribution in [0, 0.1) is 0 Å². The van der Waals surface area contributed by atoms with Gasteiger partial charge in [-0.25, -0.2) is 0 Å². The van der Waals surface area contributed by atoms with Crippen molar-refractivity contribution in [2.45, 2.75) is 25.4 Å². The molecular formula is C14H17Cl2N3O. The molecule has 3 aromatic rings. The summed E-state index contributed by atoms with van der Waals surface area (Å²) in [6.07, 6.45) is 6.19. The molecule has 1 aliphatic rings. The van der Waals surface area contributed by atoms with E-state index in [1.807, 2.05) is 18.3 Å². The Morgan fingerprint density at radius 3 is 3.00 bits per heavy atom. The van der Waals surface area contributed by atoms with Crippen molar-refractivity contribution in [1.29, 1.82) is 0 Å². The first-order valence-electron chi connectivity index (χ1n) is 6.47. The summed E-state index contributed by atoms with van der Waals surface area (Å²) in [4.78, 5) is 0. The maximum atomic E-state index is 5.46. The van der Waals surface area contributed by atoms with E-state index >= 15 is 0 Å². The summed E-state index contributed by atoms with van der Waals surface area (Å²) < 4.78 is 7.57. The zero-order chi connectivity index (χ0) is 11.9. The Morgan fingerprint density at radius 1 is 1.30 bits per heavy atom. The summed E-state index contributed by atoms with van der Waals surface area (Å²) in [5.74, 6) is 0. The van der Waals surface area contributed by atoms with Gasteiger partial charge in [0.15, 0.2) is 0 Å². The Kier molecular flexibility index (Phi) is 4.58. The lowest BCUT2D eigenvalue weighted by Gasteiger charge is -2.11. The van der Waals surface area contributed by atoms with Gasteiger partial charge in [0.05, 0.1) is 24.5 Å². The largest absolute Gasteiger partial charge is 0.464 e. The number of aromatic nitrogens is 2. The third kappa shape index (κ3) is 2.39. The maximum Gasteiger partial charge on any atom is 0.136 e. The fraction of sp³-hybridized carbons (Fsp3) is 0.357. The van der Waals surface area contributed by atoms with Crippen molar-refractivity contribution in [3.63, 3.8) is 0 Å². The SMILES string of the molecule is Cl.Cl.c1cc2c(ccc3cnn(C[C@@H]4CCCN4)c32)o1. The number of halogens is 2. The molecule has 1 saturated heterocycles. The van der Waals surface area contributed by atoms with Crippen LogP contribution in [0.3, 0.4) is 0 Å². The number of rotatable bonds is 2. The zero-order valence-corrected chi connectivity index (χ0v) is 12.5. The van der Waals surface area contributed by atoms with Crippen LogP contribution in [0.25, 0.3) is 21.9 Å². The quantitative estimate of drug-likeness (QED) is 0.788. The number of benzene rings is 1. The molecule has 1 aromatic carbocycles. The van der Waals surface area contributed by atoms with Gasteiger partial charge in [-0.2, -0.15) is 5.10 Å². The molecule has 0 radical (unpaired) electrons. The molecule has 6 heteroatoms. The smallest absolute Gasteiger partial charge is 0.136 e. The lowest BCUT2D eigenvalue weighted by Crippen LogP contribution is -2.27. The normalized spacial score (nSPS) is 18.1. The molecule has 1 N–H and O–H groups in total. The van der Waals surface area contributed by atoms with E-state index in [-0.39, 0.29) is 24.8 Å². The van der Waals surface area contributed by atoms with Crippen molar-refractivity contribution in [3.8, 4) is 0 Å². The number of hydrogen-bond acceptors (Lipinski definition) is 3. The Balaban J connectivity index is 0.000000735. The fourth-order valence-electron chi connectivity index (χ4n) is 2.89. The zero-order valence-electron chi connectivity index (χ0n) is 10.9. The minimum Gasteiger partial charge on any atom is -0.464 e. The van der Waals surface area contributed by atoms with Gasteiger partial charge < -0.3 is 9.73 Å². The summed E-state index contributed by atoms with van der Waals surface area (Å²) in [6.45, 7) is 2.07. The van der Waals surface area contributed by atoms with Crippen LogP contribution in [-0.2, 0) is 6.54 Å². The molecule has 0 spiro atoms. The van der Waals surface area contributed by atoms with Gasteiger partial charge in [0.25, 0.3) is 0 Å². The van der Waals surface area contributed by atoms with E-state index in [1.165, 1.54) is 23.7 Å². The first-order valence-corrected chi connectivity index (χ1v) is 6.47. The van der Waals surface area contributed by atoms with Gasteiger partial charge in [-0.05, 0) is 37.6 Å². The van der Waals surface area contributed by atoms with Gasteiger partial charge in [0, 0.05) is 16.8 Å². The monoisotopic (exact) mass is 313 g/mol. The molecule has 4 nitrogen and oxygen atoms in total. The molecule has 108 valence electrons.